The van der Waals surface area contributed by atoms with E-state index in [4.69, 9.17) is 0 Å². The van der Waals surface area contributed by atoms with Crippen LogP contribution in [-0.2, 0) is 5.41 Å². The van der Waals surface area contributed by atoms with Gasteiger partial charge in [-0.2, -0.15) is 0 Å². The van der Waals surface area contributed by atoms with E-state index in [0.29, 0.717) is 11.4 Å². The summed E-state index contributed by atoms with van der Waals surface area (Å²) in [4.78, 5) is 14.4. The third kappa shape index (κ3) is 3.01. The Balaban J connectivity index is 2.97. The maximum Gasteiger partial charge on any atom is 0.267 e. The highest BCUT2D eigenvalue weighted by molar-refractivity contribution is 9.09. The van der Waals surface area contributed by atoms with Gasteiger partial charge in [0.15, 0.2) is 0 Å². The molecule has 16 heavy (non-hydrogen) atoms. The minimum absolute atomic E-state index is 0.000579. The molecule has 6 heteroatoms. The highest BCUT2D eigenvalue weighted by Crippen LogP contribution is 2.26. The zero-order valence-corrected chi connectivity index (χ0v) is 12.4. The molecule has 0 saturated carbocycles. The van der Waals surface area contributed by atoms with Crippen LogP contribution in [0.5, 0.6) is 0 Å². The van der Waals surface area contributed by atoms with Crippen LogP contribution in [0.2, 0.25) is 0 Å². The lowest BCUT2D eigenvalue weighted by Gasteiger charge is -2.19. The molecule has 0 fully saturated rings. The van der Waals surface area contributed by atoms with Crippen molar-refractivity contribution in [1.82, 2.24) is 14.5 Å². The van der Waals surface area contributed by atoms with Gasteiger partial charge in [0, 0.05) is 24.3 Å². The van der Waals surface area contributed by atoms with Crippen LogP contribution in [0.25, 0.3) is 0 Å². The van der Waals surface area contributed by atoms with E-state index in [1.807, 2.05) is 20.8 Å². The Morgan fingerprint density at radius 1 is 1.50 bits per heavy atom. The molecule has 0 N–H and O–H groups in total. The van der Waals surface area contributed by atoms with E-state index in [-0.39, 0.29) is 11.3 Å². The van der Waals surface area contributed by atoms with Crippen molar-refractivity contribution in [3.8, 4) is 0 Å². The predicted molar refractivity (Wildman–Crippen MR) is 69.4 cm³/mol. The van der Waals surface area contributed by atoms with Crippen LogP contribution in [0.3, 0.4) is 0 Å². The van der Waals surface area contributed by atoms with Gasteiger partial charge in [0.25, 0.3) is 5.91 Å². The lowest BCUT2D eigenvalue weighted by molar-refractivity contribution is 0.0806. The van der Waals surface area contributed by atoms with E-state index < -0.39 is 0 Å². The van der Waals surface area contributed by atoms with Crippen molar-refractivity contribution < 1.29 is 4.79 Å². The molecule has 0 aliphatic heterocycles. The van der Waals surface area contributed by atoms with Crippen LogP contribution in [0.1, 0.15) is 36.1 Å². The topological polar surface area (TPSA) is 46.1 Å². The fraction of sp³-hybridized carbons (Fsp3) is 0.700. The SMILES string of the molecule is CN(CCBr)C(=O)c1snnc1C(C)(C)C. The van der Waals surface area contributed by atoms with Gasteiger partial charge in [0.1, 0.15) is 4.88 Å². The molecule has 0 radical (unpaired) electrons. The van der Waals surface area contributed by atoms with E-state index in [9.17, 15) is 4.79 Å². The van der Waals surface area contributed by atoms with E-state index >= 15 is 0 Å². The van der Waals surface area contributed by atoms with Gasteiger partial charge in [-0.25, -0.2) is 0 Å². The fourth-order valence-electron chi connectivity index (χ4n) is 1.22. The smallest absolute Gasteiger partial charge is 0.267 e. The Morgan fingerprint density at radius 3 is 2.62 bits per heavy atom. The number of amides is 1. The fourth-order valence-corrected chi connectivity index (χ4v) is 2.63. The zero-order valence-electron chi connectivity index (χ0n) is 9.95. The largest absolute Gasteiger partial charge is 0.340 e. The first-order valence-corrected chi connectivity index (χ1v) is 6.91. The molecule has 0 saturated heterocycles. The highest BCUT2D eigenvalue weighted by Gasteiger charge is 2.27. The molecule has 1 aromatic rings. The summed E-state index contributed by atoms with van der Waals surface area (Å²) in [5, 5.41) is 4.83. The molecular weight excluding hydrogens is 290 g/mol. The summed E-state index contributed by atoms with van der Waals surface area (Å²) < 4.78 is 3.88. The molecule has 0 spiro atoms. The quantitative estimate of drug-likeness (QED) is 0.805. The van der Waals surface area contributed by atoms with Gasteiger partial charge in [0.05, 0.1) is 5.69 Å². The summed E-state index contributed by atoms with van der Waals surface area (Å²) >= 11 is 4.49. The molecule has 1 aromatic heterocycles. The lowest BCUT2D eigenvalue weighted by Crippen LogP contribution is -2.30. The molecule has 90 valence electrons. The third-order valence-electron chi connectivity index (χ3n) is 2.16. The Bertz CT molecular complexity index is 372. The predicted octanol–water partition coefficient (Wildman–Crippen LogP) is 2.30. The Morgan fingerprint density at radius 2 is 2.12 bits per heavy atom. The maximum absolute atomic E-state index is 12.1. The third-order valence-corrected chi connectivity index (χ3v) is 3.23. The van der Waals surface area contributed by atoms with E-state index in [1.165, 1.54) is 11.5 Å². The van der Waals surface area contributed by atoms with Crippen molar-refractivity contribution in [2.45, 2.75) is 26.2 Å². The Labute approximate surface area is 108 Å². The first-order valence-electron chi connectivity index (χ1n) is 5.02. The number of nitrogens with zero attached hydrogens (tertiary/aromatic N) is 3. The van der Waals surface area contributed by atoms with Gasteiger partial charge in [-0.05, 0) is 11.5 Å². The minimum atomic E-state index is -0.146. The number of rotatable bonds is 3. The monoisotopic (exact) mass is 305 g/mol. The number of hydrogen-bond donors (Lipinski definition) is 0. The highest BCUT2D eigenvalue weighted by atomic mass is 79.9. The molecule has 0 aliphatic rings. The second kappa shape index (κ2) is 5.23. The summed E-state index contributed by atoms with van der Waals surface area (Å²) in [6.07, 6.45) is 0. The van der Waals surface area contributed by atoms with Gasteiger partial charge in [-0.1, -0.05) is 41.2 Å². The molecule has 0 aliphatic carbocycles. The van der Waals surface area contributed by atoms with E-state index in [0.717, 1.165) is 11.0 Å². The molecule has 1 amide bonds. The number of hydrogen-bond acceptors (Lipinski definition) is 4. The molecule has 1 rings (SSSR count). The van der Waals surface area contributed by atoms with Crippen molar-refractivity contribution in [3.63, 3.8) is 0 Å². The average Bonchev–Trinajstić information content (AvgIpc) is 2.64. The van der Waals surface area contributed by atoms with Gasteiger partial charge in [0.2, 0.25) is 0 Å². The van der Waals surface area contributed by atoms with Crippen LogP contribution in [-0.4, -0.2) is 39.3 Å². The van der Waals surface area contributed by atoms with E-state index in [2.05, 4.69) is 25.5 Å². The summed E-state index contributed by atoms with van der Waals surface area (Å²) in [6.45, 7) is 6.78. The van der Waals surface area contributed by atoms with Crippen molar-refractivity contribution in [3.05, 3.63) is 10.6 Å². The van der Waals surface area contributed by atoms with Gasteiger partial charge in [-0.15, -0.1) is 5.10 Å². The molecule has 1 heterocycles. The molecule has 0 bridgehead atoms. The molecule has 0 unspecified atom stereocenters. The van der Waals surface area contributed by atoms with E-state index in [1.54, 1.807) is 11.9 Å². The summed E-state index contributed by atoms with van der Waals surface area (Å²) in [6, 6.07) is 0. The van der Waals surface area contributed by atoms with Crippen LogP contribution in [0.4, 0.5) is 0 Å². The van der Waals surface area contributed by atoms with Crippen LogP contribution in [0.15, 0.2) is 0 Å². The molecule has 4 nitrogen and oxygen atoms in total. The molecular formula is C10H16BrN3OS. The first-order chi connectivity index (χ1) is 7.38. The van der Waals surface area contributed by atoms with Crippen molar-refractivity contribution >= 4 is 33.4 Å². The maximum atomic E-state index is 12.1. The number of aromatic nitrogens is 2. The number of carbonyl (C=O) groups is 1. The Kier molecular flexibility index (Phi) is 4.43. The lowest BCUT2D eigenvalue weighted by atomic mass is 9.91. The number of carbonyl (C=O) groups excluding carboxylic acids is 1. The van der Waals surface area contributed by atoms with Gasteiger partial charge >= 0.3 is 0 Å². The van der Waals surface area contributed by atoms with Crippen molar-refractivity contribution in [2.24, 2.45) is 0 Å². The Hall–Kier alpha value is -0.490. The van der Waals surface area contributed by atoms with Crippen LogP contribution in [0, 0.1) is 0 Å². The summed E-state index contributed by atoms with van der Waals surface area (Å²) in [7, 11) is 1.79. The minimum Gasteiger partial charge on any atom is -0.340 e. The van der Waals surface area contributed by atoms with Gasteiger partial charge in [-0.3, -0.25) is 4.79 Å². The summed E-state index contributed by atoms with van der Waals surface area (Å²) in [5.41, 5.74) is 0.636. The van der Waals surface area contributed by atoms with Crippen molar-refractivity contribution in [1.29, 1.82) is 0 Å². The van der Waals surface area contributed by atoms with Crippen LogP contribution < -0.4 is 0 Å². The normalized spacial score (nSPS) is 11.6. The standard InChI is InChI=1S/C10H16BrN3OS/c1-10(2,3)8-7(16-13-12-8)9(15)14(4)6-5-11/h5-6H2,1-4H3. The first kappa shape index (κ1) is 13.6. The van der Waals surface area contributed by atoms with Gasteiger partial charge < -0.3 is 4.90 Å². The molecule has 0 atom stereocenters. The number of alkyl halides is 1. The van der Waals surface area contributed by atoms with Crippen LogP contribution >= 0.6 is 27.5 Å². The number of halogens is 1. The zero-order chi connectivity index (χ0) is 12.3. The average molecular weight is 306 g/mol. The second-order valence-electron chi connectivity index (χ2n) is 4.62. The second-order valence-corrected chi connectivity index (χ2v) is 6.16. The summed E-state index contributed by atoms with van der Waals surface area (Å²) in [5.74, 6) is -0.000579. The van der Waals surface area contributed by atoms with Crippen molar-refractivity contribution in [2.75, 3.05) is 18.9 Å². The molecule has 0 aromatic carbocycles.